The number of amides is 1. The minimum atomic E-state index is -0.835. The van der Waals surface area contributed by atoms with Crippen LogP contribution in [0.4, 0.5) is 4.79 Å². The summed E-state index contributed by atoms with van der Waals surface area (Å²) in [6.45, 7) is 0.320. The number of hydrogen-bond acceptors (Lipinski definition) is 4. The van der Waals surface area contributed by atoms with Crippen LogP contribution in [0.15, 0.2) is 72.8 Å². The Balaban J connectivity index is 1.42. The summed E-state index contributed by atoms with van der Waals surface area (Å²) in [6, 6.07) is 23.1. The Morgan fingerprint density at radius 1 is 0.962 bits per heavy atom. The first kappa shape index (κ1) is 17.8. The van der Waals surface area contributed by atoms with E-state index in [2.05, 4.69) is 5.32 Å². The van der Waals surface area contributed by atoms with E-state index in [1.807, 2.05) is 72.8 Å². The lowest BCUT2D eigenvalue weighted by molar-refractivity contribution is 0.0971. The number of carbonyl (C=O) groups excluding carboxylic acids is 1. The summed E-state index contributed by atoms with van der Waals surface area (Å²) in [7, 11) is 0. The monoisotopic (exact) mass is 351 g/mol. The minimum absolute atomic E-state index is 0.0540. The number of carbonyl (C=O) groups is 1. The smallest absolute Gasteiger partial charge is 0.407 e. The maximum Gasteiger partial charge on any atom is 0.407 e. The van der Waals surface area contributed by atoms with Gasteiger partial charge in [0.05, 0.1) is 6.54 Å². The number of hydrogen-bond donors (Lipinski definition) is 2. The van der Waals surface area contributed by atoms with Crippen molar-refractivity contribution in [3.63, 3.8) is 0 Å². The number of aliphatic hydroxyl groups excluding tert-OH is 1. The molecule has 3 aromatic rings. The highest BCUT2D eigenvalue weighted by Gasteiger charge is 2.10. The van der Waals surface area contributed by atoms with E-state index >= 15 is 0 Å². The van der Waals surface area contributed by atoms with Crippen LogP contribution in [0.1, 0.15) is 5.56 Å². The highest BCUT2D eigenvalue weighted by molar-refractivity contribution is 5.88. The summed E-state index contributed by atoms with van der Waals surface area (Å²) in [4.78, 5) is 11.7. The van der Waals surface area contributed by atoms with Crippen LogP contribution in [-0.4, -0.2) is 30.5 Å². The molecule has 0 saturated heterocycles. The van der Waals surface area contributed by atoms with Crippen molar-refractivity contribution >= 4 is 16.9 Å². The van der Waals surface area contributed by atoms with Gasteiger partial charge in [0.15, 0.2) is 0 Å². The lowest BCUT2D eigenvalue weighted by Gasteiger charge is -2.14. The molecule has 0 aliphatic heterocycles. The van der Waals surface area contributed by atoms with E-state index in [0.29, 0.717) is 5.75 Å². The average Bonchev–Trinajstić information content (AvgIpc) is 2.70. The molecule has 134 valence electrons. The van der Waals surface area contributed by atoms with E-state index in [4.69, 9.17) is 9.47 Å². The molecule has 1 amide bonds. The highest BCUT2D eigenvalue weighted by atomic mass is 16.5. The summed E-state index contributed by atoms with van der Waals surface area (Å²) in [5.41, 5.74) is 0.905. The minimum Gasteiger partial charge on any atom is -0.490 e. The van der Waals surface area contributed by atoms with Gasteiger partial charge in [-0.05, 0) is 17.0 Å². The van der Waals surface area contributed by atoms with E-state index in [-0.39, 0.29) is 19.8 Å². The molecule has 0 fully saturated rings. The second-order valence-electron chi connectivity index (χ2n) is 5.88. The van der Waals surface area contributed by atoms with Crippen LogP contribution < -0.4 is 10.1 Å². The van der Waals surface area contributed by atoms with Crippen LogP contribution in [0.25, 0.3) is 10.8 Å². The van der Waals surface area contributed by atoms with Crippen molar-refractivity contribution in [2.45, 2.75) is 12.7 Å². The van der Waals surface area contributed by atoms with Gasteiger partial charge in [0, 0.05) is 5.39 Å². The molecule has 1 unspecified atom stereocenters. The number of ether oxygens (including phenoxy) is 2. The normalized spacial score (nSPS) is 11.7. The molecular formula is C21H21NO4. The van der Waals surface area contributed by atoms with Crippen LogP contribution in [0, 0.1) is 0 Å². The van der Waals surface area contributed by atoms with Gasteiger partial charge < -0.3 is 19.9 Å². The molecule has 0 aromatic heterocycles. The third kappa shape index (κ3) is 4.97. The number of rotatable bonds is 7. The van der Waals surface area contributed by atoms with E-state index in [1.54, 1.807) is 0 Å². The van der Waals surface area contributed by atoms with Gasteiger partial charge in [0.25, 0.3) is 0 Å². The maximum absolute atomic E-state index is 11.7. The zero-order valence-electron chi connectivity index (χ0n) is 14.3. The van der Waals surface area contributed by atoms with Gasteiger partial charge in [-0.2, -0.15) is 0 Å². The number of aliphatic hydroxyl groups is 1. The molecule has 0 aliphatic rings. The van der Waals surface area contributed by atoms with E-state index in [1.165, 1.54) is 0 Å². The Morgan fingerprint density at radius 3 is 2.54 bits per heavy atom. The molecule has 3 aromatic carbocycles. The second-order valence-corrected chi connectivity index (χ2v) is 5.88. The Kier molecular flexibility index (Phi) is 6.06. The highest BCUT2D eigenvalue weighted by Crippen LogP contribution is 2.25. The SMILES string of the molecule is O=C(NCC(O)COc1cccc2ccccc12)OCc1ccccc1. The molecule has 3 rings (SSSR count). The Morgan fingerprint density at radius 2 is 1.69 bits per heavy atom. The molecule has 26 heavy (non-hydrogen) atoms. The summed E-state index contributed by atoms with van der Waals surface area (Å²) >= 11 is 0. The lowest BCUT2D eigenvalue weighted by Crippen LogP contribution is -2.35. The number of alkyl carbamates (subject to hydrolysis) is 1. The summed E-state index contributed by atoms with van der Waals surface area (Å²) < 4.78 is 10.8. The third-order valence-corrected chi connectivity index (χ3v) is 3.88. The lowest BCUT2D eigenvalue weighted by atomic mass is 10.1. The van der Waals surface area contributed by atoms with Crippen molar-refractivity contribution in [2.75, 3.05) is 13.2 Å². The zero-order chi connectivity index (χ0) is 18.2. The van der Waals surface area contributed by atoms with Gasteiger partial charge >= 0.3 is 6.09 Å². The Hall–Kier alpha value is -3.05. The molecule has 0 saturated carbocycles. The van der Waals surface area contributed by atoms with E-state index in [9.17, 15) is 9.90 Å². The van der Waals surface area contributed by atoms with E-state index in [0.717, 1.165) is 16.3 Å². The van der Waals surface area contributed by atoms with Crippen molar-refractivity contribution < 1.29 is 19.4 Å². The Labute approximate surface area is 152 Å². The molecule has 0 aliphatic carbocycles. The van der Waals surface area contributed by atoms with Crippen LogP contribution in [0.5, 0.6) is 5.75 Å². The first-order chi connectivity index (χ1) is 12.7. The van der Waals surface area contributed by atoms with Crippen LogP contribution >= 0.6 is 0 Å². The molecule has 0 bridgehead atoms. The molecule has 0 heterocycles. The van der Waals surface area contributed by atoms with Gasteiger partial charge in [0.2, 0.25) is 0 Å². The van der Waals surface area contributed by atoms with Gasteiger partial charge in [0.1, 0.15) is 25.1 Å². The van der Waals surface area contributed by atoms with Gasteiger partial charge in [-0.15, -0.1) is 0 Å². The second kappa shape index (κ2) is 8.87. The molecule has 5 heteroatoms. The fourth-order valence-corrected chi connectivity index (χ4v) is 2.54. The maximum atomic E-state index is 11.7. The van der Waals surface area contributed by atoms with Crippen LogP contribution in [-0.2, 0) is 11.3 Å². The summed E-state index contributed by atoms with van der Waals surface area (Å²) in [6.07, 6.45) is -1.41. The first-order valence-electron chi connectivity index (χ1n) is 8.45. The predicted octanol–water partition coefficient (Wildman–Crippen LogP) is 3.51. The van der Waals surface area contributed by atoms with Crippen molar-refractivity contribution in [1.82, 2.24) is 5.32 Å². The van der Waals surface area contributed by atoms with Crippen molar-refractivity contribution in [3.8, 4) is 5.75 Å². The molecule has 2 N–H and O–H groups in total. The van der Waals surface area contributed by atoms with Crippen LogP contribution in [0.2, 0.25) is 0 Å². The van der Waals surface area contributed by atoms with Gasteiger partial charge in [-0.1, -0.05) is 66.7 Å². The van der Waals surface area contributed by atoms with E-state index < -0.39 is 12.2 Å². The Bertz CT molecular complexity index is 846. The first-order valence-corrected chi connectivity index (χ1v) is 8.45. The molecule has 5 nitrogen and oxygen atoms in total. The van der Waals surface area contributed by atoms with Crippen molar-refractivity contribution in [2.24, 2.45) is 0 Å². The predicted molar refractivity (Wildman–Crippen MR) is 100 cm³/mol. The molecular weight excluding hydrogens is 330 g/mol. The van der Waals surface area contributed by atoms with Crippen molar-refractivity contribution in [3.05, 3.63) is 78.4 Å². The number of nitrogens with one attached hydrogen (secondary N) is 1. The van der Waals surface area contributed by atoms with Gasteiger partial charge in [-0.3, -0.25) is 0 Å². The third-order valence-electron chi connectivity index (χ3n) is 3.88. The largest absolute Gasteiger partial charge is 0.490 e. The molecule has 1 atom stereocenters. The molecule has 0 spiro atoms. The fraction of sp³-hybridized carbons (Fsp3) is 0.190. The number of fused-ring (bicyclic) bond motifs is 1. The van der Waals surface area contributed by atoms with Gasteiger partial charge in [-0.25, -0.2) is 4.79 Å². The van der Waals surface area contributed by atoms with Crippen LogP contribution in [0.3, 0.4) is 0 Å². The quantitative estimate of drug-likeness (QED) is 0.684. The standard InChI is InChI=1S/C21H21NO4/c23-18(13-22-21(24)26-14-16-7-2-1-3-8-16)15-25-20-12-6-10-17-9-4-5-11-19(17)20/h1-12,18,23H,13-15H2,(H,22,24). The average molecular weight is 351 g/mol. The number of benzene rings is 3. The summed E-state index contributed by atoms with van der Waals surface area (Å²) in [5.74, 6) is 0.703. The summed E-state index contributed by atoms with van der Waals surface area (Å²) in [5, 5.41) is 14.6. The topological polar surface area (TPSA) is 67.8 Å². The molecule has 0 radical (unpaired) electrons. The van der Waals surface area contributed by atoms with Crippen molar-refractivity contribution in [1.29, 1.82) is 0 Å². The zero-order valence-corrected chi connectivity index (χ0v) is 14.3. The fourth-order valence-electron chi connectivity index (χ4n) is 2.54.